The van der Waals surface area contributed by atoms with Gasteiger partial charge in [0.05, 0.1) is 11.6 Å². The summed E-state index contributed by atoms with van der Waals surface area (Å²) in [6.07, 6.45) is 3.69. The molecule has 1 aliphatic rings. The molecule has 3 aromatic carbocycles. The van der Waals surface area contributed by atoms with Crippen LogP contribution in [0.3, 0.4) is 0 Å². The smallest absolute Gasteiger partial charge is 0.404 e. The zero-order chi connectivity index (χ0) is 31.3. The van der Waals surface area contributed by atoms with Gasteiger partial charge in [-0.3, -0.25) is 4.79 Å². The van der Waals surface area contributed by atoms with E-state index in [2.05, 4.69) is 10.3 Å². The highest BCUT2D eigenvalue weighted by atomic mass is 19.1. The van der Waals surface area contributed by atoms with Crippen molar-refractivity contribution in [2.75, 3.05) is 19.6 Å². The average Bonchev–Trinajstić information content (AvgIpc) is 3.45. The van der Waals surface area contributed by atoms with E-state index in [0.29, 0.717) is 48.9 Å². The zero-order valence-electron chi connectivity index (χ0n) is 25.1. The Morgan fingerprint density at radius 3 is 2.75 bits per heavy atom. The number of carbonyl (C=O) groups is 2. The van der Waals surface area contributed by atoms with Crippen molar-refractivity contribution in [2.45, 2.75) is 57.1 Å². The summed E-state index contributed by atoms with van der Waals surface area (Å²) in [5.74, 6) is -1.05. The van der Waals surface area contributed by atoms with E-state index in [1.54, 1.807) is 17.0 Å². The summed E-state index contributed by atoms with van der Waals surface area (Å²) >= 11 is 0. The molecule has 1 fully saturated rings. The van der Waals surface area contributed by atoms with E-state index in [4.69, 9.17) is 10.8 Å². The van der Waals surface area contributed by atoms with Crippen LogP contribution in [0.2, 0.25) is 0 Å². The van der Waals surface area contributed by atoms with Crippen LogP contribution < -0.4 is 11.1 Å². The van der Waals surface area contributed by atoms with Gasteiger partial charge in [0.1, 0.15) is 5.82 Å². The lowest BCUT2D eigenvalue weighted by Gasteiger charge is -2.44. The fraction of sp³-hybridized carbons (Fsp3) is 0.371. The fourth-order valence-corrected chi connectivity index (χ4v) is 6.66. The number of likely N-dealkylation sites (tertiary alicyclic amines) is 1. The maximum absolute atomic E-state index is 15.7. The standard InChI is InChI=1S/C35H41FN4O4/c1-2-23-9-5-10-24(19-23)32-28(13-6-14-29(32)36)35(44,16-8-17-38-34(42)43)26-11-7-18-40(22-26)33(41)30(37)20-25-21-39-31-15-4-3-12-27(25)31/h3-6,9-10,12-15,19,21,26,30,38-39,44H,2,7-8,11,16-18,20,22,37H2,1H3,(H,42,43)/t26?,30-,35?/m1/s1. The molecule has 8 nitrogen and oxygen atoms in total. The van der Waals surface area contributed by atoms with Gasteiger partial charge < -0.3 is 31.1 Å². The highest BCUT2D eigenvalue weighted by Gasteiger charge is 2.43. The monoisotopic (exact) mass is 600 g/mol. The summed E-state index contributed by atoms with van der Waals surface area (Å²) in [7, 11) is 0. The van der Waals surface area contributed by atoms with Crippen LogP contribution in [-0.4, -0.2) is 57.8 Å². The van der Waals surface area contributed by atoms with Gasteiger partial charge in [-0.15, -0.1) is 0 Å². The molecule has 4 aromatic rings. The number of H-pyrrole nitrogens is 1. The number of nitrogens with one attached hydrogen (secondary N) is 2. The molecule has 0 saturated carbocycles. The van der Waals surface area contributed by atoms with Crippen LogP contribution in [-0.2, 0) is 23.2 Å². The van der Waals surface area contributed by atoms with Gasteiger partial charge in [-0.25, -0.2) is 9.18 Å². The summed E-state index contributed by atoms with van der Waals surface area (Å²) in [5.41, 5.74) is 9.41. The van der Waals surface area contributed by atoms with Gasteiger partial charge in [0.25, 0.3) is 0 Å². The quantitative estimate of drug-likeness (QED) is 0.144. The Hall–Kier alpha value is -4.21. The number of aromatic amines is 1. The molecular weight excluding hydrogens is 559 g/mol. The number of halogens is 1. The summed E-state index contributed by atoms with van der Waals surface area (Å²) in [4.78, 5) is 29.8. The number of amides is 2. The van der Waals surface area contributed by atoms with E-state index in [1.165, 1.54) is 6.07 Å². The third-order valence-corrected chi connectivity index (χ3v) is 8.96. The number of carbonyl (C=O) groups excluding carboxylic acids is 1. The third-order valence-electron chi connectivity index (χ3n) is 8.96. The minimum absolute atomic E-state index is 0.137. The number of para-hydroxylation sites is 1. The summed E-state index contributed by atoms with van der Waals surface area (Å²) in [6, 6.07) is 19.5. The van der Waals surface area contributed by atoms with Crippen molar-refractivity contribution in [1.29, 1.82) is 0 Å². The van der Waals surface area contributed by atoms with Gasteiger partial charge in [0, 0.05) is 48.2 Å². The Kier molecular flexibility index (Phi) is 9.66. The molecule has 0 spiro atoms. The second-order valence-corrected chi connectivity index (χ2v) is 11.8. The van der Waals surface area contributed by atoms with Crippen LogP contribution in [0.15, 0.2) is 72.9 Å². The summed E-state index contributed by atoms with van der Waals surface area (Å²) in [6.45, 7) is 2.94. The Labute approximate surface area is 257 Å². The number of nitrogens with two attached hydrogens (primary N) is 1. The predicted octanol–water partition coefficient (Wildman–Crippen LogP) is 5.58. The van der Waals surface area contributed by atoms with E-state index in [0.717, 1.165) is 28.5 Å². The average molecular weight is 601 g/mol. The Balaban J connectivity index is 1.44. The maximum Gasteiger partial charge on any atom is 0.404 e. The van der Waals surface area contributed by atoms with Crippen LogP contribution in [0.5, 0.6) is 0 Å². The number of aromatic nitrogens is 1. The first-order valence-corrected chi connectivity index (χ1v) is 15.4. The Morgan fingerprint density at radius 2 is 1.95 bits per heavy atom. The van der Waals surface area contributed by atoms with Crippen molar-refractivity contribution >= 4 is 22.9 Å². The van der Waals surface area contributed by atoms with Crippen LogP contribution in [0.4, 0.5) is 9.18 Å². The number of rotatable bonds is 11. The van der Waals surface area contributed by atoms with Crippen molar-refractivity contribution in [3.05, 3.63) is 95.4 Å². The minimum Gasteiger partial charge on any atom is -0.465 e. The number of carboxylic acid groups (broad SMARTS) is 1. The van der Waals surface area contributed by atoms with Gasteiger partial charge >= 0.3 is 6.09 Å². The van der Waals surface area contributed by atoms with Gasteiger partial charge in [0.15, 0.2) is 0 Å². The molecule has 1 aliphatic heterocycles. The van der Waals surface area contributed by atoms with Gasteiger partial charge in [-0.05, 0) is 72.9 Å². The number of nitrogens with zero attached hydrogens (tertiary/aromatic N) is 1. The van der Waals surface area contributed by atoms with Crippen molar-refractivity contribution < 1.29 is 24.2 Å². The van der Waals surface area contributed by atoms with E-state index in [9.17, 15) is 14.7 Å². The highest BCUT2D eigenvalue weighted by Crippen LogP contribution is 2.44. The summed E-state index contributed by atoms with van der Waals surface area (Å²) in [5, 5.41) is 25.1. The van der Waals surface area contributed by atoms with Gasteiger partial charge in [0.2, 0.25) is 5.91 Å². The topological polar surface area (TPSA) is 132 Å². The van der Waals surface area contributed by atoms with Gasteiger partial charge in [-0.2, -0.15) is 0 Å². The molecule has 9 heteroatoms. The molecule has 3 atom stereocenters. The number of hydrogen-bond donors (Lipinski definition) is 5. The van der Waals surface area contributed by atoms with E-state index < -0.39 is 29.5 Å². The van der Waals surface area contributed by atoms with E-state index in [-0.39, 0.29) is 25.4 Å². The number of piperidine rings is 1. The lowest BCUT2D eigenvalue weighted by atomic mass is 9.72. The lowest BCUT2D eigenvalue weighted by Crippen LogP contribution is -2.52. The molecule has 1 aromatic heterocycles. The SMILES string of the molecule is CCc1cccc(-c2c(F)cccc2C(O)(CCCNC(=O)O)C2CCCN(C(=O)[C@H](N)Cc3c[nH]c4ccccc34)C2)c1. The van der Waals surface area contributed by atoms with E-state index in [1.807, 2.05) is 61.7 Å². The molecule has 1 saturated heterocycles. The second kappa shape index (κ2) is 13.6. The molecule has 232 valence electrons. The van der Waals surface area contributed by atoms with Crippen molar-refractivity contribution in [1.82, 2.24) is 15.2 Å². The Bertz CT molecular complexity index is 1620. The molecule has 5 rings (SSSR count). The first-order chi connectivity index (χ1) is 21.2. The lowest BCUT2D eigenvalue weighted by molar-refractivity contribution is -0.138. The molecule has 0 aliphatic carbocycles. The van der Waals surface area contributed by atoms with Crippen molar-refractivity contribution in [3.63, 3.8) is 0 Å². The molecule has 6 N–H and O–H groups in total. The van der Waals surface area contributed by atoms with Crippen LogP contribution in [0, 0.1) is 11.7 Å². The summed E-state index contributed by atoms with van der Waals surface area (Å²) < 4.78 is 15.7. The van der Waals surface area contributed by atoms with Gasteiger partial charge in [-0.1, -0.05) is 61.5 Å². The molecule has 2 amide bonds. The normalized spacial score (nSPS) is 17.3. The first-order valence-electron chi connectivity index (χ1n) is 15.4. The molecule has 0 bridgehead atoms. The largest absolute Gasteiger partial charge is 0.465 e. The highest BCUT2D eigenvalue weighted by molar-refractivity contribution is 5.86. The second-order valence-electron chi connectivity index (χ2n) is 11.8. The van der Waals surface area contributed by atoms with Crippen molar-refractivity contribution in [2.24, 2.45) is 11.7 Å². The number of hydrogen-bond acceptors (Lipinski definition) is 4. The third kappa shape index (κ3) is 6.64. The van der Waals surface area contributed by atoms with Crippen LogP contribution in [0.25, 0.3) is 22.0 Å². The predicted molar refractivity (Wildman–Crippen MR) is 170 cm³/mol. The molecule has 2 unspecified atom stereocenters. The van der Waals surface area contributed by atoms with Crippen LogP contribution in [0.1, 0.15) is 49.3 Å². The fourth-order valence-electron chi connectivity index (χ4n) is 6.66. The molecule has 0 radical (unpaired) electrons. The maximum atomic E-state index is 15.7. The van der Waals surface area contributed by atoms with Crippen LogP contribution >= 0.6 is 0 Å². The number of aliphatic hydroxyl groups is 1. The molecule has 44 heavy (non-hydrogen) atoms. The molecule has 2 heterocycles. The minimum atomic E-state index is -1.53. The number of fused-ring (bicyclic) bond motifs is 1. The number of aryl methyl sites for hydroxylation is 1. The Morgan fingerprint density at radius 1 is 1.16 bits per heavy atom. The zero-order valence-corrected chi connectivity index (χ0v) is 25.1. The number of benzene rings is 3. The first kappa shape index (κ1) is 31.2. The molecular formula is C35H41FN4O4. The van der Waals surface area contributed by atoms with E-state index >= 15 is 4.39 Å². The van der Waals surface area contributed by atoms with Crippen molar-refractivity contribution in [3.8, 4) is 11.1 Å².